The van der Waals surface area contributed by atoms with Crippen LogP contribution in [0.2, 0.25) is 0 Å². The minimum atomic E-state index is -0.120. The topological polar surface area (TPSA) is 32.7 Å². The van der Waals surface area contributed by atoms with E-state index in [4.69, 9.17) is 4.74 Å². The van der Waals surface area contributed by atoms with Crippen molar-refractivity contribution in [2.24, 2.45) is 11.3 Å². The molecule has 0 unspecified atom stereocenters. The van der Waals surface area contributed by atoms with Crippen LogP contribution < -0.4 is 0 Å². The molecule has 2 bridgehead atoms. The molecular formula is C32H37NO2. The Morgan fingerprint density at radius 2 is 1.86 bits per heavy atom. The summed E-state index contributed by atoms with van der Waals surface area (Å²) in [5.74, 6) is 1.19. The van der Waals surface area contributed by atoms with Gasteiger partial charge in [0.2, 0.25) is 0 Å². The number of allylic oxidation sites excluding steroid dienone is 1. The van der Waals surface area contributed by atoms with E-state index in [1.807, 2.05) is 0 Å². The SMILES string of the molecule is C[C@]12CC=C3C=C4CC[C@H](N5CC(O)C5)C[C@]45CC[C@]3(O5)[C@@H]1CC[C@@H]2c1ccc2ccccc2c1. The van der Waals surface area contributed by atoms with Gasteiger partial charge in [-0.3, -0.25) is 4.90 Å². The third kappa shape index (κ3) is 2.78. The fraction of sp³-hybridized carbons (Fsp3) is 0.562. The summed E-state index contributed by atoms with van der Waals surface area (Å²) >= 11 is 0. The number of rotatable bonds is 2. The molecule has 2 saturated carbocycles. The molecule has 2 aromatic carbocycles. The zero-order chi connectivity index (χ0) is 23.4. The Kier molecular flexibility index (Phi) is 4.29. The van der Waals surface area contributed by atoms with E-state index in [0.717, 1.165) is 25.9 Å². The fourth-order valence-corrected chi connectivity index (χ4v) is 9.45. The lowest BCUT2D eigenvalue weighted by atomic mass is 9.58. The van der Waals surface area contributed by atoms with Gasteiger partial charge in [-0.15, -0.1) is 0 Å². The van der Waals surface area contributed by atoms with Gasteiger partial charge in [0.25, 0.3) is 0 Å². The van der Waals surface area contributed by atoms with Crippen molar-refractivity contribution in [1.82, 2.24) is 4.90 Å². The van der Waals surface area contributed by atoms with E-state index >= 15 is 0 Å². The molecule has 2 aromatic rings. The Labute approximate surface area is 208 Å². The highest BCUT2D eigenvalue weighted by atomic mass is 16.5. The number of ether oxygens (including phenoxy) is 1. The van der Waals surface area contributed by atoms with Crippen LogP contribution in [0.15, 0.2) is 65.8 Å². The summed E-state index contributed by atoms with van der Waals surface area (Å²) in [7, 11) is 0. The van der Waals surface area contributed by atoms with Gasteiger partial charge in [-0.2, -0.15) is 0 Å². The van der Waals surface area contributed by atoms with Gasteiger partial charge < -0.3 is 9.84 Å². The number of hydrogen-bond acceptors (Lipinski definition) is 3. The van der Waals surface area contributed by atoms with Crippen molar-refractivity contribution in [2.75, 3.05) is 13.1 Å². The van der Waals surface area contributed by atoms with E-state index in [-0.39, 0.29) is 22.7 Å². The molecule has 182 valence electrons. The van der Waals surface area contributed by atoms with Crippen LogP contribution in [0.4, 0.5) is 0 Å². The van der Waals surface area contributed by atoms with Crippen LogP contribution >= 0.6 is 0 Å². The molecule has 2 spiro atoms. The van der Waals surface area contributed by atoms with Crippen molar-refractivity contribution >= 4 is 10.8 Å². The Morgan fingerprint density at radius 3 is 2.71 bits per heavy atom. The Hall–Kier alpha value is -1.94. The van der Waals surface area contributed by atoms with Gasteiger partial charge in [-0.1, -0.05) is 61.5 Å². The molecule has 3 aliphatic carbocycles. The first-order valence-corrected chi connectivity index (χ1v) is 14.0. The number of hydrogen-bond donors (Lipinski definition) is 1. The molecule has 0 amide bonds. The molecule has 6 atom stereocenters. The molecule has 8 rings (SSSR count). The maximum absolute atomic E-state index is 9.88. The molecule has 1 N–H and O–H groups in total. The number of β-amino-alcohol motifs (C(OH)–C–C–N with tert-alkyl or cyclic N) is 1. The van der Waals surface area contributed by atoms with Crippen LogP contribution in [0.5, 0.6) is 0 Å². The number of nitrogens with zero attached hydrogens (tertiary/aromatic N) is 1. The molecule has 6 aliphatic rings. The number of fused-ring (bicyclic) bond motifs is 2. The van der Waals surface area contributed by atoms with E-state index in [2.05, 4.69) is 66.4 Å². The van der Waals surface area contributed by atoms with E-state index in [0.29, 0.717) is 17.9 Å². The van der Waals surface area contributed by atoms with Gasteiger partial charge in [0, 0.05) is 19.1 Å². The quantitative estimate of drug-likeness (QED) is 0.577. The fourth-order valence-electron chi connectivity index (χ4n) is 9.45. The van der Waals surface area contributed by atoms with Crippen LogP contribution in [-0.4, -0.2) is 46.4 Å². The van der Waals surface area contributed by atoms with Crippen LogP contribution in [0.1, 0.15) is 69.8 Å². The number of aliphatic hydroxyl groups excluding tert-OH is 1. The third-order valence-corrected chi connectivity index (χ3v) is 11.2. The molecule has 0 aromatic heterocycles. The van der Waals surface area contributed by atoms with Gasteiger partial charge >= 0.3 is 0 Å². The van der Waals surface area contributed by atoms with Crippen LogP contribution in [-0.2, 0) is 4.74 Å². The predicted octanol–water partition coefficient (Wildman–Crippen LogP) is 6.13. The van der Waals surface area contributed by atoms with Crippen molar-refractivity contribution in [3.63, 3.8) is 0 Å². The van der Waals surface area contributed by atoms with Crippen molar-refractivity contribution in [3.05, 3.63) is 71.3 Å². The van der Waals surface area contributed by atoms with Gasteiger partial charge in [0.15, 0.2) is 0 Å². The standard InChI is InChI=1S/C32H37NO2/c1-30-13-12-25-17-24-8-9-26(33-19-27(34)20-33)18-31(24)14-15-32(25,35-31)29(30)11-10-28(30)23-7-6-21-4-2-3-5-22(21)16-23/h2-7,12,16-17,26-29,34H,8-11,13-15,18-20H2,1H3/t26-,28+,29+,30+,31+,32+/m0/s1. The summed E-state index contributed by atoms with van der Waals surface area (Å²) in [5, 5.41) is 12.6. The summed E-state index contributed by atoms with van der Waals surface area (Å²) in [6.07, 6.45) is 14.6. The lowest BCUT2D eigenvalue weighted by Gasteiger charge is -2.55. The summed E-state index contributed by atoms with van der Waals surface area (Å²) in [6.45, 7) is 4.28. The second-order valence-corrected chi connectivity index (χ2v) is 12.8. The van der Waals surface area contributed by atoms with E-state index < -0.39 is 0 Å². The van der Waals surface area contributed by atoms with Gasteiger partial charge in [-0.05, 0) is 96.1 Å². The summed E-state index contributed by atoms with van der Waals surface area (Å²) in [4.78, 5) is 2.51. The van der Waals surface area contributed by atoms with Gasteiger partial charge in [0.1, 0.15) is 0 Å². The monoisotopic (exact) mass is 467 g/mol. The van der Waals surface area contributed by atoms with Crippen molar-refractivity contribution in [3.8, 4) is 0 Å². The molecule has 3 heterocycles. The van der Waals surface area contributed by atoms with E-state index in [1.165, 1.54) is 60.4 Å². The van der Waals surface area contributed by atoms with Gasteiger partial charge in [-0.25, -0.2) is 0 Å². The first kappa shape index (κ1) is 21.2. The van der Waals surface area contributed by atoms with Gasteiger partial charge in [0.05, 0.1) is 17.3 Å². The first-order chi connectivity index (χ1) is 17.0. The average Bonchev–Trinajstić information content (AvgIpc) is 3.36. The molecule has 4 fully saturated rings. The Bertz CT molecular complexity index is 1270. The smallest absolute Gasteiger partial charge is 0.0974 e. The Morgan fingerprint density at radius 1 is 1.00 bits per heavy atom. The zero-order valence-corrected chi connectivity index (χ0v) is 20.9. The second kappa shape index (κ2) is 7.09. The maximum Gasteiger partial charge on any atom is 0.0974 e. The summed E-state index contributed by atoms with van der Waals surface area (Å²) in [6, 6.07) is 16.6. The normalized spacial score (nSPS) is 42.6. The molecule has 3 nitrogen and oxygen atoms in total. The molecule has 3 aliphatic heterocycles. The number of aliphatic hydroxyl groups is 1. The van der Waals surface area contributed by atoms with Crippen LogP contribution in [0.25, 0.3) is 10.8 Å². The number of likely N-dealkylation sites (tertiary alicyclic amines) is 1. The third-order valence-electron chi connectivity index (χ3n) is 11.2. The molecule has 3 heteroatoms. The number of benzene rings is 2. The van der Waals surface area contributed by atoms with Crippen molar-refractivity contribution < 1.29 is 9.84 Å². The Balaban J connectivity index is 1.14. The largest absolute Gasteiger partial charge is 0.390 e. The summed E-state index contributed by atoms with van der Waals surface area (Å²) < 4.78 is 7.46. The minimum absolute atomic E-state index is 0.0555. The van der Waals surface area contributed by atoms with Crippen molar-refractivity contribution in [2.45, 2.75) is 87.6 Å². The first-order valence-electron chi connectivity index (χ1n) is 14.0. The summed E-state index contributed by atoms with van der Waals surface area (Å²) in [5.41, 5.74) is 4.72. The highest BCUT2D eigenvalue weighted by Crippen LogP contribution is 2.69. The lowest BCUT2D eigenvalue weighted by molar-refractivity contribution is -0.147. The predicted molar refractivity (Wildman–Crippen MR) is 139 cm³/mol. The van der Waals surface area contributed by atoms with Crippen LogP contribution in [0, 0.1) is 11.3 Å². The highest BCUT2D eigenvalue weighted by molar-refractivity contribution is 5.83. The minimum Gasteiger partial charge on any atom is -0.390 e. The van der Waals surface area contributed by atoms with E-state index in [1.54, 1.807) is 5.57 Å². The molecular weight excluding hydrogens is 430 g/mol. The molecule has 35 heavy (non-hydrogen) atoms. The molecule has 0 radical (unpaired) electrons. The van der Waals surface area contributed by atoms with Crippen molar-refractivity contribution in [1.29, 1.82) is 0 Å². The van der Waals surface area contributed by atoms with Crippen LogP contribution in [0.3, 0.4) is 0 Å². The van der Waals surface area contributed by atoms with E-state index in [9.17, 15) is 5.11 Å². The maximum atomic E-state index is 9.88. The zero-order valence-electron chi connectivity index (χ0n) is 20.9. The average molecular weight is 468 g/mol. The molecule has 2 saturated heterocycles. The second-order valence-electron chi connectivity index (χ2n) is 12.8. The highest BCUT2D eigenvalue weighted by Gasteiger charge is 2.66. The lowest BCUT2D eigenvalue weighted by Crippen LogP contribution is -2.60.